The van der Waals surface area contributed by atoms with Gasteiger partial charge in [-0.2, -0.15) is 0 Å². The summed E-state index contributed by atoms with van der Waals surface area (Å²) in [5, 5.41) is 11.7. The summed E-state index contributed by atoms with van der Waals surface area (Å²) < 4.78 is 23.1. The maximum absolute atomic E-state index is 11.6. The Bertz CT molecular complexity index is 297. The molecule has 0 aliphatic rings. The second-order valence-corrected chi connectivity index (χ2v) is 8.26. The number of aliphatic hydroxyl groups is 1. The van der Waals surface area contributed by atoms with Crippen molar-refractivity contribution >= 4 is 9.84 Å². The molecule has 0 aliphatic heterocycles. The average molecular weight is 265 g/mol. The molecule has 0 saturated heterocycles. The molecule has 0 amide bonds. The summed E-state index contributed by atoms with van der Waals surface area (Å²) in [6.45, 7) is 9.15. The van der Waals surface area contributed by atoms with Crippen LogP contribution in [0.1, 0.15) is 40.5 Å². The van der Waals surface area contributed by atoms with Gasteiger partial charge in [0.1, 0.15) is 0 Å². The Hall–Kier alpha value is -0.130. The van der Waals surface area contributed by atoms with Gasteiger partial charge >= 0.3 is 0 Å². The van der Waals surface area contributed by atoms with Crippen LogP contribution in [-0.2, 0) is 9.84 Å². The van der Waals surface area contributed by atoms with Gasteiger partial charge in [0.25, 0.3) is 0 Å². The molecule has 5 heteroatoms. The first-order chi connectivity index (χ1) is 7.71. The molecule has 17 heavy (non-hydrogen) atoms. The van der Waals surface area contributed by atoms with Crippen LogP contribution in [0.3, 0.4) is 0 Å². The predicted molar refractivity (Wildman–Crippen MR) is 71.9 cm³/mol. The summed E-state index contributed by atoms with van der Waals surface area (Å²) in [6, 6.07) is 0. The first kappa shape index (κ1) is 16.9. The van der Waals surface area contributed by atoms with E-state index in [4.69, 9.17) is 5.11 Å². The first-order valence-corrected chi connectivity index (χ1v) is 7.96. The maximum atomic E-state index is 11.6. The summed E-state index contributed by atoms with van der Waals surface area (Å²) in [7, 11) is -2.94. The normalized spacial score (nSPS) is 13.3. The van der Waals surface area contributed by atoms with Crippen molar-refractivity contribution in [2.24, 2.45) is 5.41 Å². The summed E-state index contributed by atoms with van der Waals surface area (Å²) in [5.74, 6) is 0.195. The zero-order chi connectivity index (χ0) is 13.5. The monoisotopic (exact) mass is 265 g/mol. The van der Waals surface area contributed by atoms with Crippen LogP contribution >= 0.6 is 0 Å². The van der Waals surface area contributed by atoms with Crippen molar-refractivity contribution in [2.75, 3.05) is 25.4 Å². The van der Waals surface area contributed by atoms with Gasteiger partial charge in [0, 0.05) is 19.7 Å². The Kier molecular flexibility index (Phi) is 7.28. The quantitative estimate of drug-likeness (QED) is 0.615. The highest BCUT2D eigenvalue weighted by molar-refractivity contribution is 7.92. The van der Waals surface area contributed by atoms with E-state index in [2.05, 4.69) is 19.2 Å². The number of rotatable bonds is 9. The molecule has 0 aromatic rings. The second kappa shape index (κ2) is 7.34. The lowest BCUT2D eigenvalue weighted by Crippen LogP contribution is -2.34. The molecule has 0 spiro atoms. The van der Waals surface area contributed by atoms with Crippen molar-refractivity contribution < 1.29 is 13.5 Å². The molecule has 0 aliphatic carbocycles. The Morgan fingerprint density at radius 1 is 1.29 bits per heavy atom. The van der Waals surface area contributed by atoms with Gasteiger partial charge in [-0.15, -0.1) is 0 Å². The minimum atomic E-state index is -2.94. The fraction of sp³-hybridized carbons (Fsp3) is 1.00. The van der Waals surface area contributed by atoms with Gasteiger partial charge in [-0.3, -0.25) is 0 Å². The topological polar surface area (TPSA) is 66.4 Å². The van der Waals surface area contributed by atoms with E-state index in [1.54, 1.807) is 13.8 Å². The zero-order valence-corrected chi connectivity index (χ0v) is 12.3. The molecule has 2 N–H and O–H groups in total. The van der Waals surface area contributed by atoms with E-state index in [0.717, 1.165) is 19.4 Å². The van der Waals surface area contributed by atoms with Gasteiger partial charge in [-0.1, -0.05) is 13.8 Å². The van der Waals surface area contributed by atoms with Crippen molar-refractivity contribution in [2.45, 2.75) is 45.8 Å². The number of nitrogens with one attached hydrogen (secondary N) is 1. The third kappa shape index (κ3) is 7.73. The van der Waals surface area contributed by atoms with E-state index in [1.807, 2.05) is 0 Å². The minimum Gasteiger partial charge on any atom is -0.396 e. The van der Waals surface area contributed by atoms with Crippen molar-refractivity contribution in [3.05, 3.63) is 0 Å². The van der Waals surface area contributed by atoms with E-state index >= 15 is 0 Å². The molecule has 0 saturated carbocycles. The fourth-order valence-corrected chi connectivity index (χ4v) is 2.42. The molecular formula is C12H27NO3S. The van der Waals surface area contributed by atoms with Crippen molar-refractivity contribution in [1.29, 1.82) is 0 Å². The largest absolute Gasteiger partial charge is 0.396 e. The minimum absolute atomic E-state index is 0.102. The maximum Gasteiger partial charge on any atom is 0.153 e. The second-order valence-electron chi connectivity index (χ2n) is 5.58. The van der Waals surface area contributed by atoms with Crippen molar-refractivity contribution in [1.82, 2.24) is 5.32 Å². The van der Waals surface area contributed by atoms with Crippen LogP contribution in [-0.4, -0.2) is 44.2 Å². The van der Waals surface area contributed by atoms with E-state index < -0.39 is 9.84 Å². The average Bonchev–Trinajstić information content (AvgIpc) is 2.21. The SMILES string of the molecule is CC(C)S(=O)(=O)CCNCC(C)(C)CCCO. The highest BCUT2D eigenvalue weighted by Crippen LogP contribution is 2.20. The van der Waals surface area contributed by atoms with Crippen LogP contribution < -0.4 is 5.32 Å². The van der Waals surface area contributed by atoms with Gasteiger partial charge in [-0.05, 0) is 32.1 Å². The molecule has 104 valence electrons. The van der Waals surface area contributed by atoms with Gasteiger partial charge < -0.3 is 10.4 Å². The molecule has 0 heterocycles. The summed E-state index contributed by atoms with van der Waals surface area (Å²) in [6.07, 6.45) is 1.73. The van der Waals surface area contributed by atoms with Crippen LogP contribution in [0.25, 0.3) is 0 Å². The summed E-state index contributed by atoms with van der Waals surface area (Å²) >= 11 is 0. The smallest absolute Gasteiger partial charge is 0.153 e. The Morgan fingerprint density at radius 3 is 2.35 bits per heavy atom. The van der Waals surface area contributed by atoms with Gasteiger partial charge in [-0.25, -0.2) is 8.42 Å². The highest BCUT2D eigenvalue weighted by Gasteiger charge is 2.18. The summed E-state index contributed by atoms with van der Waals surface area (Å²) in [4.78, 5) is 0. The molecule has 0 aromatic heterocycles. The fourth-order valence-electron chi connectivity index (χ4n) is 1.52. The van der Waals surface area contributed by atoms with E-state index in [1.165, 1.54) is 0 Å². The third-order valence-corrected chi connectivity index (χ3v) is 5.11. The molecule has 4 nitrogen and oxygen atoms in total. The zero-order valence-electron chi connectivity index (χ0n) is 11.5. The van der Waals surface area contributed by atoms with Crippen molar-refractivity contribution in [3.8, 4) is 0 Å². The van der Waals surface area contributed by atoms with E-state index in [0.29, 0.717) is 6.54 Å². The Labute approximate surface area is 106 Å². The molecular weight excluding hydrogens is 238 g/mol. The van der Waals surface area contributed by atoms with Crippen molar-refractivity contribution in [3.63, 3.8) is 0 Å². The van der Waals surface area contributed by atoms with E-state index in [-0.39, 0.29) is 23.0 Å². The van der Waals surface area contributed by atoms with Gasteiger partial charge in [0.05, 0.1) is 11.0 Å². The molecule has 0 fully saturated rings. The molecule has 0 bridgehead atoms. The molecule has 0 rings (SSSR count). The van der Waals surface area contributed by atoms with Crippen LogP contribution in [0.5, 0.6) is 0 Å². The van der Waals surface area contributed by atoms with Crippen LogP contribution in [0.4, 0.5) is 0 Å². The Balaban J connectivity index is 3.85. The molecule has 0 aromatic carbocycles. The molecule has 0 unspecified atom stereocenters. The highest BCUT2D eigenvalue weighted by atomic mass is 32.2. The molecule has 0 atom stereocenters. The first-order valence-electron chi connectivity index (χ1n) is 6.24. The molecule has 0 radical (unpaired) electrons. The Morgan fingerprint density at radius 2 is 1.88 bits per heavy atom. The van der Waals surface area contributed by atoms with Crippen LogP contribution in [0.15, 0.2) is 0 Å². The van der Waals surface area contributed by atoms with Gasteiger partial charge in [0.15, 0.2) is 9.84 Å². The predicted octanol–water partition coefficient (Wildman–Crippen LogP) is 1.20. The van der Waals surface area contributed by atoms with Crippen LogP contribution in [0, 0.1) is 5.41 Å². The number of sulfone groups is 1. The number of hydrogen-bond donors (Lipinski definition) is 2. The van der Waals surface area contributed by atoms with E-state index in [9.17, 15) is 8.42 Å². The lowest BCUT2D eigenvalue weighted by molar-refractivity contribution is 0.237. The summed E-state index contributed by atoms with van der Waals surface area (Å²) in [5.41, 5.74) is 0.102. The standard InChI is InChI=1S/C12H27NO3S/c1-11(2)17(15,16)9-7-13-10-12(3,4)6-5-8-14/h11,13-14H,5-10H2,1-4H3. The third-order valence-electron chi connectivity index (χ3n) is 2.90. The number of hydrogen-bond acceptors (Lipinski definition) is 4. The van der Waals surface area contributed by atoms with Crippen LogP contribution in [0.2, 0.25) is 0 Å². The van der Waals surface area contributed by atoms with Gasteiger partial charge in [0.2, 0.25) is 0 Å². The lowest BCUT2D eigenvalue weighted by atomic mass is 9.88. The lowest BCUT2D eigenvalue weighted by Gasteiger charge is -2.24. The number of aliphatic hydroxyl groups excluding tert-OH is 1.